The molecule has 0 aliphatic rings. The van der Waals surface area contributed by atoms with Gasteiger partial charge in [0.1, 0.15) is 0 Å². The monoisotopic (exact) mass is 238 g/mol. The third kappa shape index (κ3) is 3.87. The van der Waals surface area contributed by atoms with Gasteiger partial charge in [-0.25, -0.2) is 0 Å². The molecule has 0 aromatic heterocycles. The third-order valence-corrected chi connectivity index (χ3v) is 3.07. The lowest BCUT2D eigenvalue weighted by Crippen LogP contribution is -2.33. The fourth-order valence-corrected chi connectivity index (χ4v) is 1.84. The predicted octanol–water partition coefficient (Wildman–Crippen LogP) is 1.81. The summed E-state index contributed by atoms with van der Waals surface area (Å²) in [6.07, 6.45) is 2.05. The Kier molecular flexibility index (Phi) is 5.35. The number of rotatable bonds is 5. The van der Waals surface area contributed by atoms with Gasteiger partial charge in [-0.1, -0.05) is 12.1 Å². The van der Waals surface area contributed by atoms with Crippen LogP contribution in [0.5, 0.6) is 0 Å². The van der Waals surface area contributed by atoms with Gasteiger partial charge in [-0.2, -0.15) is 0 Å². The first-order valence-electron chi connectivity index (χ1n) is 5.25. The second kappa shape index (κ2) is 6.55. The summed E-state index contributed by atoms with van der Waals surface area (Å²) in [4.78, 5) is 12.6. The van der Waals surface area contributed by atoms with Crippen molar-refractivity contribution in [1.29, 1.82) is 0 Å². The highest BCUT2D eigenvalue weighted by molar-refractivity contribution is 7.98. The van der Waals surface area contributed by atoms with Crippen LogP contribution in [-0.2, 0) is 4.79 Å². The van der Waals surface area contributed by atoms with E-state index in [0.717, 1.165) is 5.56 Å². The number of carbonyl (C=O) groups is 1. The Morgan fingerprint density at radius 1 is 1.38 bits per heavy atom. The molecule has 1 aromatic carbocycles. The van der Waals surface area contributed by atoms with Crippen LogP contribution in [0.25, 0.3) is 0 Å². The smallest absolute Gasteiger partial charge is 0.234 e. The SMILES string of the molecule is CNCC(=O)NC(C)c1ccc(SC)cc1. The Hall–Kier alpha value is -1.00. The molecule has 0 aliphatic heterocycles. The van der Waals surface area contributed by atoms with Crippen molar-refractivity contribution in [2.45, 2.75) is 17.9 Å². The summed E-state index contributed by atoms with van der Waals surface area (Å²) in [5.41, 5.74) is 1.13. The van der Waals surface area contributed by atoms with Gasteiger partial charge < -0.3 is 10.6 Å². The molecule has 4 heteroatoms. The Morgan fingerprint density at radius 2 is 2.00 bits per heavy atom. The molecule has 0 saturated heterocycles. The quantitative estimate of drug-likeness (QED) is 0.769. The molecule has 88 valence electrons. The Labute approximate surface area is 101 Å². The number of amides is 1. The van der Waals surface area contributed by atoms with Gasteiger partial charge in [0.25, 0.3) is 0 Å². The minimum absolute atomic E-state index is 0.0175. The third-order valence-electron chi connectivity index (χ3n) is 2.33. The van der Waals surface area contributed by atoms with E-state index in [1.165, 1.54) is 4.90 Å². The summed E-state index contributed by atoms with van der Waals surface area (Å²) in [6, 6.07) is 8.30. The second-order valence-electron chi connectivity index (χ2n) is 3.59. The molecule has 1 unspecified atom stereocenters. The van der Waals surface area contributed by atoms with Crippen molar-refractivity contribution < 1.29 is 4.79 Å². The highest BCUT2D eigenvalue weighted by atomic mass is 32.2. The molecule has 0 heterocycles. The molecule has 16 heavy (non-hydrogen) atoms. The van der Waals surface area contributed by atoms with E-state index in [4.69, 9.17) is 0 Å². The predicted molar refractivity (Wildman–Crippen MR) is 68.7 cm³/mol. The molecule has 1 aromatic rings. The Balaban J connectivity index is 2.58. The van der Waals surface area contributed by atoms with Crippen LogP contribution in [0.3, 0.4) is 0 Å². The van der Waals surface area contributed by atoms with Crippen molar-refractivity contribution in [1.82, 2.24) is 10.6 Å². The number of hydrogen-bond donors (Lipinski definition) is 2. The first kappa shape index (κ1) is 13.1. The first-order valence-corrected chi connectivity index (χ1v) is 6.47. The van der Waals surface area contributed by atoms with E-state index in [1.807, 2.05) is 13.2 Å². The van der Waals surface area contributed by atoms with Gasteiger partial charge in [0.15, 0.2) is 0 Å². The maximum Gasteiger partial charge on any atom is 0.234 e. The lowest BCUT2D eigenvalue weighted by molar-refractivity contribution is -0.120. The van der Waals surface area contributed by atoms with E-state index < -0.39 is 0 Å². The van der Waals surface area contributed by atoms with Crippen molar-refractivity contribution in [2.75, 3.05) is 19.8 Å². The molecular formula is C12H18N2OS. The van der Waals surface area contributed by atoms with Gasteiger partial charge in [0, 0.05) is 4.90 Å². The minimum Gasteiger partial charge on any atom is -0.348 e. The lowest BCUT2D eigenvalue weighted by Gasteiger charge is -2.14. The average molecular weight is 238 g/mol. The van der Waals surface area contributed by atoms with E-state index in [0.29, 0.717) is 6.54 Å². The summed E-state index contributed by atoms with van der Waals surface area (Å²) in [5, 5.41) is 5.75. The Bertz CT molecular complexity index is 337. The summed E-state index contributed by atoms with van der Waals surface area (Å²) in [7, 11) is 1.76. The number of nitrogens with one attached hydrogen (secondary N) is 2. The summed E-state index contributed by atoms with van der Waals surface area (Å²) >= 11 is 1.71. The molecule has 1 amide bonds. The fourth-order valence-electron chi connectivity index (χ4n) is 1.43. The first-order chi connectivity index (χ1) is 7.67. The summed E-state index contributed by atoms with van der Waals surface area (Å²) in [6.45, 7) is 2.34. The van der Waals surface area contributed by atoms with Crippen molar-refractivity contribution in [2.24, 2.45) is 0 Å². The zero-order valence-electron chi connectivity index (χ0n) is 9.91. The number of benzene rings is 1. The highest BCUT2D eigenvalue weighted by Crippen LogP contribution is 2.18. The van der Waals surface area contributed by atoms with Crippen LogP contribution >= 0.6 is 11.8 Å². The van der Waals surface area contributed by atoms with Crippen LogP contribution in [0.1, 0.15) is 18.5 Å². The fraction of sp³-hybridized carbons (Fsp3) is 0.417. The molecule has 1 rings (SSSR count). The summed E-state index contributed by atoms with van der Waals surface area (Å²) < 4.78 is 0. The second-order valence-corrected chi connectivity index (χ2v) is 4.47. The van der Waals surface area contributed by atoms with Gasteiger partial charge >= 0.3 is 0 Å². The normalized spacial score (nSPS) is 12.2. The molecule has 0 aliphatic carbocycles. The van der Waals surface area contributed by atoms with Crippen LogP contribution in [0.4, 0.5) is 0 Å². The van der Waals surface area contributed by atoms with E-state index in [2.05, 4.69) is 34.9 Å². The van der Waals surface area contributed by atoms with Crippen LogP contribution < -0.4 is 10.6 Å². The van der Waals surface area contributed by atoms with Gasteiger partial charge in [-0.05, 0) is 37.9 Å². The molecule has 0 fully saturated rings. The maximum atomic E-state index is 11.4. The van der Waals surface area contributed by atoms with E-state index in [9.17, 15) is 4.79 Å². The zero-order valence-corrected chi connectivity index (χ0v) is 10.7. The van der Waals surface area contributed by atoms with Crippen molar-refractivity contribution in [3.8, 4) is 0 Å². The molecule has 3 nitrogen and oxygen atoms in total. The highest BCUT2D eigenvalue weighted by Gasteiger charge is 2.08. The number of thioether (sulfide) groups is 1. The van der Waals surface area contributed by atoms with Gasteiger partial charge in [-0.3, -0.25) is 4.79 Å². The van der Waals surface area contributed by atoms with Gasteiger partial charge in [-0.15, -0.1) is 11.8 Å². The average Bonchev–Trinajstić information content (AvgIpc) is 2.29. The lowest BCUT2D eigenvalue weighted by atomic mass is 10.1. The zero-order chi connectivity index (χ0) is 12.0. The Morgan fingerprint density at radius 3 is 2.50 bits per heavy atom. The topological polar surface area (TPSA) is 41.1 Å². The van der Waals surface area contributed by atoms with E-state index in [1.54, 1.807) is 18.8 Å². The van der Waals surface area contributed by atoms with Crippen LogP contribution in [-0.4, -0.2) is 25.8 Å². The largest absolute Gasteiger partial charge is 0.348 e. The molecule has 0 radical (unpaired) electrons. The van der Waals surface area contributed by atoms with E-state index in [-0.39, 0.29) is 11.9 Å². The minimum atomic E-state index is 0.0175. The van der Waals surface area contributed by atoms with Crippen LogP contribution in [0, 0.1) is 0 Å². The van der Waals surface area contributed by atoms with Crippen molar-refractivity contribution >= 4 is 17.7 Å². The van der Waals surface area contributed by atoms with Crippen molar-refractivity contribution in [3.63, 3.8) is 0 Å². The summed E-state index contributed by atoms with van der Waals surface area (Å²) in [5.74, 6) is 0.0175. The van der Waals surface area contributed by atoms with Crippen LogP contribution in [0.15, 0.2) is 29.2 Å². The molecule has 2 N–H and O–H groups in total. The van der Waals surface area contributed by atoms with Gasteiger partial charge in [0.05, 0.1) is 12.6 Å². The standard InChI is InChI=1S/C12H18N2OS/c1-9(14-12(15)8-13-2)10-4-6-11(16-3)7-5-10/h4-7,9,13H,8H2,1-3H3,(H,14,15). The molecule has 0 saturated carbocycles. The van der Waals surface area contributed by atoms with Crippen LogP contribution in [0.2, 0.25) is 0 Å². The number of hydrogen-bond acceptors (Lipinski definition) is 3. The maximum absolute atomic E-state index is 11.4. The molecular weight excluding hydrogens is 220 g/mol. The molecule has 0 bridgehead atoms. The van der Waals surface area contributed by atoms with E-state index >= 15 is 0 Å². The number of likely N-dealkylation sites (N-methyl/N-ethyl adjacent to an activating group) is 1. The number of carbonyl (C=O) groups excluding carboxylic acids is 1. The molecule has 0 spiro atoms. The van der Waals surface area contributed by atoms with Gasteiger partial charge in [0.2, 0.25) is 5.91 Å². The van der Waals surface area contributed by atoms with Crippen molar-refractivity contribution in [3.05, 3.63) is 29.8 Å². The molecule has 1 atom stereocenters.